The first kappa shape index (κ1) is 13.2. The SMILES string of the molecule is N#CC12C(N)=NC3(OCCO3)C1(C#N)C2c1ccc(F)cc1. The van der Waals surface area contributed by atoms with E-state index < -0.39 is 28.5 Å². The van der Waals surface area contributed by atoms with E-state index in [1.165, 1.54) is 12.1 Å². The van der Waals surface area contributed by atoms with E-state index in [4.69, 9.17) is 15.2 Å². The van der Waals surface area contributed by atoms with E-state index in [2.05, 4.69) is 17.1 Å². The predicted octanol–water partition coefficient (Wildman–Crippen LogP) is 1.01. The van der Waals surface area contributed by atoms with Gasteiger partial charge in [-0.3, -0.25) is 0 Å². The minimum atomic E-state index is -1.54. The van der Waals surface area contributed by atoms with Crippen LogP contribution in [-0.4, -0.2) is 25.0 Å². The molecule has 2 N–H and O–H groups in total. The summed E-state index contributed by atoms with van der Waals surface area (Å²) in [5.41, 5.74) is 3.98. The van der Waals surface area contributed by atoms with Crippen LogP contribution in [0.15, 0.2) is 29.3 Å². The van der Waals surface area contributed by atoms with Crippen molar-refractivity contribution in [2.24, 2.45) is 21.6 Å². The second-order valence-corrected chi connectivity index (χ2v) is 5.60. The quantitative estimate of drug-likeness (QED) is 0.833. The molecule has 1 aromatic carbocycles. The highest BCUT2D eigenvalue weighted by atomic mass is 19.1. The number of hydrogen-bond acceptors (Lipinski definition) is 6. The lowest BCUT2D eigenvalue weighted by atomic mass is 9.94. The fraction of sp³-hybridized carbons (Fsp3) is 0.400. The highest BCUT2D eigenvalue weighted by Gasteiger charge is 2.94. The number of fused-ring (bicyclic) bond motifs is 2. The van der Waals surface area contributed by atoms with E-state index in [1.54, 1.807) is 12.1 Å². The van der Waals surface area contributed by atoms with Gasteiger partial charge < -0.3 is 15.2 Å². The summed E-state index contributed by atoms with van der Waals surface area (Å²) < 4.78 is 24.3. The molecule has 3 aliphatic rings. The van der Waals surface area contributed by atoms with Crippen molar-refractivity contribution in [3.63, 3.8) is 0 Å². The number of ether oxygens (including phenoxy) is 2. The number of nitrogens with two attached hydrogens (primary N) is 1. The first-order valence-electron chi connectivity index (χ1n) is 6.80. The molecule has 4 rings (SSSR count). The number of halogens is 1. The fourth-order valence-corrected chi connectivity index (χ4v) is 3.87. The van der Waals surface area contributed by atoms with Crippen molar-refractivity contribution in [2.75, 3.05) is 13.2 Å². The van der Waals surface area contributed by atoms with Crippen molar-refractivity contribution < 1.29 is 13.9 Å². The molecule has 2 aliphatic heterocycles. The van der Waals surface area contributed by atoms with Crippen molar-refractivity contribution in [1.82, 2.24) is 0 Å². The van der Waals surface area contributed by atoms with Gasteiger partial charge in [-0.25, -0.2) is 9.38 Å². The van der Waals surface area contributed by atoms with Gasteiger partial charge in [0, 0.05) is 5.92 Å². The number of hydrogen-bond donors (Lipinski definition) is 1. The number of rotatable bonds is 1. The standard InChI is InChI=1S/C15H11FN4O2/c16-10-3-1-9(2-4-10)11-13(7-17)12(19)20-15(14(11,13)8-18)21-5-6-22-15/h1-4,11H,5-6H2,(H2,19,20). The molecule has 3 atom stereocenters. The molecule has 0 aromatic heterocycles. The second-order valence-electron chi connectivity index (χ2n) is 5.60. The van der Waals surface area contributed by atoms with Gasteiger partial charge in [0.05, 0.1) is 25.4 Å². The van der Waals surface area contributed by atoms with Gasteiger partial charge in [-0.2, -0.15) is 10.5 Å². The van der Waals surface area contributed by atoms with Crippen molar-refractivity contribution in [3.8, 4) is 12.1 Å². The third-order valence-electron chi connectivity index (χ3n) is 4.81. The molecule has 22 heavy (non-hydrogen) atoms. The minimum Gasteiger partial charge on any atom is -0.386 e. The van der Waals surface area contributed by atoms with Crippen molar-refractivity contribution >= 4 is 5.84 Å². The van der Waals surface area contributed by atoms with Crippen LogP contribution in [0.1, 0.15) is 11.5 Å². The molecule has 1 saturated carbocycles. The Bertz CT molecular complexity index is 772. The Hall–Kier alpha value is -2.48. The van der Waals surface area contributed by atoms with Crippen molar-refractivity contribution in [1.29, 1.82) is 10.5 Å². The summed E-state index contributed by atoms with van der Waals surface area (Å²) in [5, 5.41) is 19.5. The van der Waals surface area contributed by atoms with Crippen LogP contribution in [0.2, 0.25) is 0 Å². The third-order valence-corrected chi connectivity index (χ3v) is 4.81. The zero-order valence-electron chi connectivity index (χ0n) is 11.4. The van der Waals surface area contributed by atoms with Crippen molar-refractivity contribution in [3.05, 3.63) is 35.6 Å². The molecule has 3 unspecified atom stereocenters. The summed E-state index contributed by atoms with van der Waals surface area (Å²) >= 11 is 0. The lowest BCUT2D eigenvalue weighted by molar-refractivity contribution is -0.184. The Morgan fingerprint density at radius 3 is 2.36 bits per heavy atom. The molecule has 2 fully saturated rings. The molecular weight excluding hydrogens is 287 g/mol. The zero-order valence-corrected chi connectivity index (χ0v) is 11.4. The minimum absolute atomic E-state index is 0.0350. The maximum Gasteiger partial charge on any atom is 0.293 e. The highest BCUT2D eigenvalue weighted by Crippen LogP contribution is 2.82. The van der Waals surface area contributed by atoms with E-state index in [1.807, 2.05) is 0 Å². The first-order valence-corrected chi connectivity index (χ1v) is 6.80. The van der Waals surface area contributed by atoms with E-state index in [-0.39, 0.29) is 19.0 Å². The van der Waals surface area contributed by atoms with Crippen LogP contribution in [0.4, 0.5) is 4.39 Å². The van der Waals surface area contributed by atoms with Gasteiger partial charge in [-0.1, -0.05) is 12.1 Å². The Morgan fingerprint density at radius 2 is 1.82 bits per heavy atom. The lowest BCUT2D eigenvalue weighted by Gasteiger charge is -2.25. The topological polar surface area (TPSA) is 104 Å². The maximum atomic E-state index is 13.2. The number of amidine groups is 1. The van der Waals surface area contributed by atoms with Crippen LogP contribution >= 0.6 is 0 Å². The van der Waals surface area contributed by atoms with Gasteiger partial charge >= 0.3 is 0 Å². The molecule has 110 valence electrons. The fourth-order valence-electron chi connectivity index (χ4n) is 3.87. The monoisotopic (exact) mass is 298 g/mol. The molecular formula is C15H11FN4O2. The number of aliphatic imine (C=N–C) groups is 1. The van der Waals surface area contributed by atoms with Crippen LogP contribution in [0.5, 0.6) is 0 Å². The van der Waals surface area contributed by atoms with Gasteiger partial charge in [0.15, 0.2) is 5.41 Å². The Kier molecular flexibility index (Phi) is 2.30. The molecule has 0 radical (unpaired) electrons. The van der Waals surface area contributed by atoms with Crippen LogP contribution in [-0.2, 0) is 9.47 Å². The molecule has 1 spiro atoms. The Balaban J connectivity index is 1.92. The number of nitrogens with zero attached hydrogens (tertiary/aromatic N) is 3. The molecule has 0 bridgehead atoms. The molecule has 7 heteroatoms. The van der Waals surface area contributed by atoms with E-state index >= 15 is 0 Å². The van der Waals surface area contributed by atoms with Crippen LogP contribution in [0.3, 0.4) is 0 Å². The number of nitriles is 2. The van der Waals surface area contributed by atoms with Gasteiger partial charge in [0.2, 0.25) is 0 Å². The molecule has 6 nitrogen and oxygen atoms in total. The second kappa shape index (κ2) is 3.83. The lowest BCUT2D eigenvalue weighted by Crippen LogP contribution is -2.38. The first-order chi connectivity index (χ1) is 10.6. The average molecular weight is 298 g/mol. The zero-order chi connectivity index (χ0) is 15.6. The summed E-state index contributed by atoms with van der Waals surface area (Å²) in [4.78, 5) is 4.16. The molecule has 0 amide bonds. The summed E-state index contributed by atoms with van der Waals surface area (Å²) in [5.74, 6) is -2.46. The summed E-state index contributed by atoms with van der Waals surface area (Å²) in [6.45, 7) is 0.551. The average Bonchev–Trinajstić information content (AvgIpc) is 2.77. The van der Waals surface area contributed by atoms with Gasteiger partial charge in [-0.15, -0.1) is 0 Å². The van der Waals surface area contributed by atoms with E-state index in [0.717, 1.165) is 0 Å². The summed E-state index contributed by atoms with van der Waals surface area (Å²) in [6, 6.07) is 9.98. The van der Waals surface area contributed by atoms with Gasteiger partial charge in [0.1, 0.15) is 17.1 Å². The van der Waals surface area contributed by atoms with Crippen LogP contribution < -0.4 is 5.73 Å². The molecule has 1 saturated heterocycles. The summed E-state index contributed by atoms with van der Waals surface area (Å²) in [6.07, 6.45) is 0. The van der Waals surface area contributed by atoms with Crippen LogP contribution in [0.25, 0.3) is 0 Å². The predicted molar refractivity (Wildman–Crippen MR) is 71.5 cm³/mol. The Morgan fingerprint density at radius 1 is 1.18 bits per heavy atom. The van der Waals surface area contributed by atoms with Gasteiger partial charge in [-0.05, 0) is 17.7 Å². The Labute approximate surface area is 125 Å². The normalized spacial score (nSPS) is 37.2. The molecule has 2 heterocycles. The van der Waals surface area contributed by atoms with Crippen molar-refractivity contribution in [2.45, 2.75) is 11.8 Å². The maximum absolute atomic E-state index is 13.2. The molecule has 1 aliphatic carbocycles. The third kappa shape index (κ3) is 1.11. The van der Waals surface area contributed by atoms with E-state index in [9.17, 15) is 14.9 Å². The summed E-state index contributed by atoms with van der Waals surface area (Å²) in [7, 11) is 0. The largest absolute Gasteiger partial charge is 0.386 e. The van der Waals surface area contributed by atoms with Crippen LogP contribution in [0, 0.1) is 39.3 Å². The van der Waals surface area contributed by atoms with Gasteiger partial charge in [0.25, 0.3) is 5.91 Å². The molecule has 1 aromatic rings. The van der Waals surface area contributed by atoms with E-state index in [0.29, 0.717) is 5.56 Å². The highest BCUT2D eigenvalue weighted by molar-refractivity contribution is 6.00. The number of benzene rings is 1. The smallest absolute Gasteiger partial charge is 0.293 e.